The smallest absolute Gasteiger partial charge is 0.407 e. The van der Waals surface area contributed by atoms with Crippen molar-refractivity contribution in [3.8, 4) is 0 Å². The Bertz CT molecular complexity index is 236. The van der Waals surface area contributed by atoms with E-state index in [2.05, 4.69) is 10.6 Å². The average molecular weight is 245 g/mol. The van der Waals surface area contributed by atoms with Gasteiger partial charge in [-0.1, -0.05) is 13.8 Å². The van der Waals surface area contributed by atoms with Crippen LogP contribution < -0.4 is 16.4 Å². The summed E-state index contributed by atoms with van der Waals surface area (Å²) in [4.78, 5) is 11.6. The van der Waals surface area contributed by atoms with E-state index in [1.807, 2.05) is 41.5 Å². The van der Waals surface area contributed by atoms with Crippen LogP contribution in [0.5, 0.6) is 0 Å². The summed E-state index contributed by atoms with van der Waals surface area (Å²) in [5, 5.41) is 6.09. The van der Waals surface area contributed by atoms with E-state index in [1.54, 1.807) is 0 Å². The summed E-state index contributed by atoms with van der Waals surface area (Å²) < 4.78 is 5.19. The van der Waals surface area contributed by atoms with Gasteiger partial charge in [-0.15, -0.1) is 0 Å². The summed E-state index contributed by atoms with van der Waals surface area (Å²) in [6, 6.07) is 0.297. The van der Waals surface area contributed by atoms with Gasteiger partial charge in [-0.2, -0.15) is 0 Å². The number of carbonyl (C=O) groups is 1. The Kier molecular flexibility index (Phi) is 6.49. The number of nitrogens with one attached hydrogen (secondary N) is 2. The number of hydrogen-bond acceptors (Lipinski definition) is 4. The van der Waals surface area contributed by atoms with E-state index < -0.39 is 11.7 Å². The summed E-state index contributed by atoms with van der Waals surface area (Å²) in [5.41, 5.74) is 5.19. The normalized spacial score (nSPS) is 15.5. The summed E-state index contributed by atoms with van der Waals surface area (Å²) >= 11 is 0. The number of hydrogen-bond donors (Lipinski definition) is 3. The molecule has 5 nitrogen and oxygen atoms in total. The molecule has 0 aromatic rings. The molecule has 0 aliphatic carbocycles. The quantitative estimate of drug-likeness (QED) is 0.681. The second-order valence-corrected chi connectivity index (χ2v) is 5.60. The van der Waals surface area contributed by atoms with Crippen LogP contribution >= 0.6 is 0 Å². The summed E-state index contributed by atoms with van der Waals surface area (Å²) in [6.45, 7) is 12.0. The monoisotopic (exact) mass is 245 g/mol. The summed E-state index contributed by atoms with van der Waals surface area (Å²) in [5.74, 6) is 0. The molecule has 0 rings (SSSR count). The first kappa shape index (κ1) is 16.2. The lowest BCUT2D eigenvalue weighted by atomic mass is 10.1. The Morgan fingerprint density at radius 1 is 1.29 bits per heavy atom. The zero-order valence-electron chi connectivity index (χ0n) is 11.8. The van der Waals surface area contributed by atoms with E-state index in [0.29, 0.717) is 12.6 Å². The highest BCUT2D eigenvalue weighted by Gasteiger charge is 2.22. The highest BCUT2D eigenvalue weighted by Crippen LogP contribution is 2.07. The highest BCUT2D eigenvalue weighted by molar-refractivity contribution is 5.68. The molecule has 102 valence electrons. The van der Waals surface area contributed by atoms with Gasteiger partial charge in [0.05, 0.1) is 0 Å². The van der Waals surface area contributed by atoms with Crippen molar-refractivity contribution in [1.82, 2.24) is 10.6 Å². The molecule has 0 fully saturated rings. The number of carbonyl (C=O) groups excluding carboxylic acids is 1. The van der Waals surface area contributed by atoms with Crippen LogP contribution in [0, 0.1) is 0 Å². The molecule has 0 saturated heterocycles. The van der Waals surface area contributed by atoms with Crippen molar-refractivity contribution in [3.63, 3.8) is 0 Å². The molecule has 0 saturated carbocycles. The maximum absolute atomic E-state index is 11.6. The summed E-state index contributed by atoms with van der Waals surface area (Å²) in [6.07, 6.45) is -0.408. The predicted octanol–water partition coefficient (Wildman–Crippen LogP) is 1.22. The molecular formula is C12H27N3O2. The molecule has 0 aliphatic heterocycles. The molecule has 0 radical (unpaired) electrons. The molecule has 0 aromatic carbocycles. The maximum Gasteiger partial charge on any atom is 0.407 e. The zero-order valence-corrected chi connectivity index (χ0v) is 11.8. The molecular weight excluding hydrogens is 218 g/mol. The molecule has 2 unspecified atom stereocenters. The Balaban J connectivity index is 4.21. The lowest BCUT2D eigenvalue weighted by molar-refractivity contribution is 0.0497. The standard InChI is InChI=1S/C12H27N3O2/c1-8(2)14-10(7-13)9(3)15-11(16)17-12(4,5)6/h8-10,14H,7,13H2,1-6H3,(H,15,16). The van der Waals surface area contributed by atoms with Crippen molar-refractivity contribution in [1.29, 1.82) is 0 Å². The van der Waals surface area contributed by atoms with Crippen molar-refractivity contribution in [2.75, 3.05) is 6.54 Å². The van der Waals surface area contributed by atoms with Crippen LogP contribution in [0.25, 0.3) is 0 Å². The number of rotatable bonds is 5. The van der Waals surface area contributed by atoms with Crippen molar-refractivity contribution in [3.05, 3.63) is 0 Å². The van der Waals surface area contributed by atoms with E-state index >= 15 is 0 Å². The third kappa shape index (κ3) is 7.99. The van der Waals surface area contributed by atoms with Gasteiger partial charge in [0, 0.05) is 24.7 Å². The van der Waals surface area contributed by atoms with E-state index in [0.717, 1.165) is 0 Å². The molecule has 0 heterocycles. The van der Waals surface area contributed by atoms with Crippen LogP contribution in [0.3, 0.4) is 0 Å². The molecule has 5 heteroatoms. The molecule has 0 bridgehead atoms. The molecule has 0 spiro atoms. The van der Waals surface area contributed by atoms with Crippen LogP contribution in [0.4, 0.5) is 4.79 Å². The van der Waals surface area contributed by atoms with Crippen molar-refractivity contribution >= 4 is 6.09 Å². The lowest BCUT2D eigenvalue weighted by Crippen LogP contribution is -2.54. The van der Waals surface area contributed by atoms with Gasteiger partial charge in [0.25, 0.3) is 0 Å². The fraction of sp³-hybridized carbons (Fsp3) is 0.917. The largest absolute Gasteiger partial charge is 0.444 e. The molecule has 0 aliphatic rings. The van der Waals surface area contributed by atoms with Crippen molar-refractivity contribution in [2.24, 2.45) is 5.73 Å². The highest BCUT2D eigenvalue weighted by atomic mass is 16.6. The van der Waals surface area contributed by atoms with Gasteiger partial charge in [-0.25, -0.2) is 4.79 Å². The first-order valence-electron chi connectivity index (χ1n) is 6.11. The molecule has 2 atom stereocenters. The fourth-order valence-corrected chi connectivity index (χ4v) is 1.44. The topological polar surface area (TPSA) is 76.4 Å². The van der Waals surface area contributed by atoms with Crippen molar-refractivity contribution < 1.29 is 9.53 Å². The first-order chi connectivity index (χ1) is 7.65. The van der Waals surface area contributed by atoms with E-state index in [-0.39, 0.29) is 12.1 Å². The van der Waals surface area contributed by atoms with E-state index in [1.165, 1.54) is 0 Å². The first-order valence-corrected chi connectivity index (χ1v) is 6.11. The minimum absolute atomic E-state index is 0.0440. The molecule has 17 heavy (non-hydrogen) atoms. The summed E-state index contributed by atoms with van der Waals surface area (Å²) in [7, 11) is 0. The van der Waals surface area contributed by atoms with Gasteiger partial charge < -0.3 is 21.1 Å². The van der Waals surface area contributed by atoms with Gasteiger partial charge in [-0.05, 0) is 27.7 Å². The number of ether oxygens (including phenoxy) is 1. The minimum atomic E-state index is -0.479. The Morgan fingerprint density at radius 2 is 1.82 bits per heavy atom. The second kappa shape index (κ2) is 6.81. The Hall–Kier alpha value is -0.810. The van der Waals surface area contributed by atoms with Gasteiger partial charge in [0.15, 0.2) is 0 Å². The maximum atomic E-state index is 11.6. The Morgan fingerprint density at radius 3 is 2.18 bits per heavy atom. The van der Waals surface area contributed by atoms with Gasteiger partial charge in [0.1, 0.15) is 5.60 Å². The molecule has 4 N–H and O–H groups in total. The molecule has 0 aromatic heterocycles. The van der Waals surface area contributed by atoms with Crippen LogP contribution in [0.1, 0.15) is 41.5 Å². The van der Waals surface area contributed by atoms with Crippen LogP contribution in [0.2, 0.25) is 0 Å². The molecule has 1 amide bonds. The van der Waals surface area contributed by atoms with Gasteiger partial charge in [0.2, 0.25) is 0 Å². The average Bonchev–Trinajstić information content (AvgIpc) is 2.10. The van der Waals surface area contributed by atoms with Gasteiger partial charge in [-0.3, -0.25) is 0 Å². The van der Waals surface area contributed by atoms with Crippen LogP contribution in [-0.4, -0.2) is 36.4 Å². The Labute approximate surface area is 104 Å². The number of amides is 1. The lowest BCUT2D eigenvalue weighted by Gasteiger charge is -2.28. The minimum Gasteiger partial charge on any atom is -0.444 e. The number of nitrogens with two attached hydrogens (primary N) is 1. The van der Waals surface area contributed by atoms with Crippen molar-refractivity contribution in [2.45, 2.75) is 65.3 Å². The SMILES string of the molecule is CC(C)NC(CN)C(C)NC(=O)OC(C)(C)C. The zero-order chi connectivity index (χ0) is 13.6. The van der Waals surface area contributed by atoms with E-state index in [4.69, 9.17) is 10.5 Å². The van der Waals surface area contributed by atoms with E-state index in [9.17, 15) is 4.79 Å². The fourth-order valence-electron chi connectivity index (χ4n) is 1.44. The number of alkyl carbamates (subject to hydrolysis) is 1. The van der Waals surface area contributed by atoms with Crippen LogP contribution in [0.15, 0.2) is 0 Å². The predicted molar refractivity (Wildman–Crippen MR) is 69.9 cm³/mol. The third-order valence-corrected chi connectivity index (χ3v) is 2.15. The van der Waals surface area contributed by atoms with Gasteiger partial charge >= 0.3 is 6.09 Å². The second-order valence-electron chi connectivity index (χ2n) is 5.60. The van der Waals surface area contributed by atoms with Crippen LogP contribution in [-0.2, 0) is 4.74 Å². The third-order valence-electron chi connectivity index (χ3n) is 2.15.